The summed E-state index contributed by atoms with van der Waals surface area (Å²) in [5.41, 5.74) is 7.74. The summed E-state index contributed by atoms with van der Waals surface area (Å²) in [5, 5.41) is 7.82. The van der Waals surface area contributed by atoms with Crippen LogP contribution in [0.15, 0.2) is 52.8 Å². The lowest BCUT2D eigenvalue weighted by Gasteiger charge is -2.34. The van der Waals surface area contributed by atoms with Gasteiger partial charge in [-0.3, -0.25) is 4.79 Å². The Morgan fingerprint density at radius 2 is 2.00 bits per heavy atom. The second-order valence-corrected chi connectivity index (χ2v) is 8.08. The molecule has 1 aliphatic rings. The van der Waals surface area contributed by atoms with Crippen LogP contribution in [0.1, 0.15) is 45.2 Å². The van der Waals surface area contributed by atoms with Gasteiger partial charge < -0.3 is 20.0 Å². The minimum atomic E-state index is -4.61. The van der Waals surface area contributed by atoms with Gasteiger partial charge in [0.25, 0.3) is 5.89 Å². The third kappa shape index (κ3) is 4.42. The fraction of sp³-hybridized carbons (Fsp3) is 0.217. The molecule has 1 amide bonds. The SMILES string of the molecule is Cc1cccc(-c2nnc(C(=O)N3CCc4[nH]cnc4[C@H]3/C(N)=C/c3cccc(C(F)(F)F)n3)o2)n1. The van der Waals surface area contributed by atoms with E-state index in [0.717, 1.165) is 17.5 Å². The van der Waals surface area contributed by atoms with Crippen LogP contribution in [0.5, 0.6) is 0 Å². The maximum absolute atomic E-state index is 13.4. The zero-order valence-electron chi connectivity index (χ0n) is 18.8. The number of nitrogens with zero attached hydrogens (tertiary/aromatic N) is 6. The van der Waals surface area contributed by atoms with Crippen LogP contribution in [0.2, 0.25) is 0 Å². The van der Waals surface area contributed by atoms with Crippen LogP contribution < -0.4 is 5.73 Å². The minimum Gasteiger partial charge on any atom is -0.411 e. The molecule has 0 aromatic carbocycles. The van der Waals surface area contributed by atoms with Crippen LogP contribution in [0.3, 0.4) is 0 Å². The predicted molar refractivity (Wildman–Crippen MR) is 120 cm³/mol. The molecule has 0 saturated heterocycles. The van der Waals surface area contributed by atoms with Crippen molar-refractivity contribution < 1.29 is 22.4 Å². The number of halogens is 3. The summed E-state index contributed by atoms with van der Waals surface area (Å²) in [5.74, 6) is -0.802. The highest BCUT2D eigenvalue weighted by atomic mass is 19.4. The van der Waals surface area contributed by atoms with Crippen LogP contribution >= 0.6 is 0 Å². The maximum Gasteiger partial charge on any atom is 0.433 e. The Morgan fingerprint density at radius 3 is 2.78 bits per heavy atom. The summed E-state index contributed by atoms with van der Waals surface area (Å²) < 4.78 is 44.9. The number of rotatable bonds is 4. The van der Waals surface area contributed by atoms with Crippen molar-refractivity contribution in [2.75, 3.05) is 6.54 Å². The van der Waals surface area contributed by atoms with E-state index in [4.69, 9.17) is 10.2 Å². The van der Waals surface area contributed by atoms with Crippen molar-refractivity contribution in [3.05, 3.63) is 82.8 Å². The van der Waals surface area contributed by atoms with Crippen LogP contribution in [0.25, 0.3) is 17.7 Å². The van der Waals surface area contributed by atoms with E-state index in [2.05, 4.69) is 30.1 Å². The van der Waals surface area contributed by atoms with Crippen LogP contribution in [-0.2, 0) is 12.6 Å². The fourth-order valence-electron chi connectivity index (χ4n) is 3.97. The van der Waals surface area contributed by atoms with Crippen molar-refractivity contribution in [3.8, 4) is 11.6 Å². The van der Waals surface area contributed by atoms with E-state index in [1.54, 1.807) is 25.1 Å². The third-order valence-corrected chi connectivity index (χ3v) is 5.59. The predicted octanol–water partition coefficient (Wildman–Crippen LogP) is 3.32. The molecule has 1 atom stereocenters. The zero-order valence-corrected chi connectivity index (χ0v) is 18.8. The summed E-state index contributed by atoms with van der Waals surface area (Å²) in [4.78, 5) is 30.1. The normalized spacial score (nSPS) is 16.2. The van der Waals surface area contributed by atoms with Gasteiger partial charge >= 0.3 is 18.0 Å². The van der Waals surface area contributed by atoms with Crippen LogP contribution in [-0.4, -0.2) is 47.5 Å². The van der Waals surface area contributed by atoms with Crippen LogP contribution in [0, 0.1) is 6.92 Å². The summed E-state index contributed by atoms with van der Waals surface area (Å²) in [6.07, 6.45) is -1.40. The number of H-pyrrole nitrogens is 1. The lowest BCUT2D eigenvalue weighted by molar-refractivity contribution is -0.141. The first-order valence-corrected chi connectivity index (χ1v) is 10.8. The zero-order chi connectivity index (χ0) is 25.4. The van der Waals surface area contributed by atoms with Crippen molar-refractivity contribution >= 4 is 12.0 Å². The quantitative estimate of drug-likeness (QED) is 0.439. The Bertz CT molecular complexity index is 1460. The van der Waals surface area contributed by atoms with Gasteiger partial charge in [-0.15, -0.1) is 10.2 Å². The molecule has 0 spiro atoms. The van der Waals surface area contributed by atoms with Gasteiger partial charge in [0.1, 0.15) is 17.4 Å². The maximum atomic E-state index is 13.4. The number of imidazole rings is 1. The Morgan fingerprint density at radius 1 is 1.19 bits per heavy atom. The van der Waals surface area contributed by atoms with Gasteiger partial charge in [0.2, 0.25) is 0 Å². The molecule has 10 nitrogen and oxygen atoms in total. The van der Waals surface area contributed by atoms with E-state index in [-0.39, 0.29) is 29.7 Å². The first-order valence-electron chi connectivity index (χ1n) is 10.8. The van der Waals surface area contributed by atoms with Crippen LogP contribution in [0.4, 0.5) is 13.2 Å². The molecule has 4 aromatic heterocycles. The Hall–Kier alpha value is -4.55. The van der Waals surface area contributed by atoms with Crippen molar-refractivity contribution in [1.29, 1.82) is 0 Å². The van der Waals surface area contributed by atoms with E-state index in [1.165, 1.54) is 29.4 Å². The molecule has 13 heteroatoms. The molecule has 184 valence electrons. The number of amides is 1. The number of aromatic amines is 1. The Balaban J connectivity index is 1.49. The average Bonchev–Trinajstić information content (AvgIpc) is 3.52. The number of pyridine rings is 2. The second-order valence-electron chi connectivity index (χ2n) is 8.08. The number of hydrogen-bond acceptors (Lipinski definition) is 8. The molecule has 5 heterocycles. The standard InChI is InChI=1S/C23H19F3N8O2/c1-12-4-2-6-16(30-12)20-32-33-21(36-20)22(35)34-9-8-15-18(29-11-28-15)19(34)14(27)10-13-5-3-7-17(31-13)23(24,25)26/h2-7,10-11,19H,8-9,27H2,1H3,(H,28,29)/b14-10-/t19-/m1/s1. The van der Waals surface area contributed by atoms with Crippen molar-refractivity contribution in [2.45, 2.75) is 25.6 Å². The van der Waals surface area contributed by atoms with Gasteiger partial charge in [-0.1, -0.05) is 12.1 Å². The molecule has 5 rings (SSSR count). The molecular weight excluding hydrogens is 477 g/mol. The molecule has 4 aromatic rings. The third-order valence-electron chi connectivity index (χ3n) is 5.59. The molecule has 0 radical (unpaired) electrons. The van der Waals surface area contributed by atoms with Gasteiger partial charge in [-0.2, -0.15) is 13.2 Å². The first-order chi connectivity index (χ1) is 17.2. The van der Waals surface area contributed by atoms with E-state index in [0.29, 0.717) is 17.8 Å². The van der Waals surface area contributed by atoms with Gasteiger partial charge in [0.15, 0.2) is 0 Å². The second kappa shape index (κ2) is 8.91. The van der Waals surface area contributed by atoms with Gasteiger partial charge in [0, 0.05) is 30.1 Å². The molecular formula is C23H19F3N8O2. The highest BCUT2D eigenvalue weighted by Gasteiger charge is 2.37. The highest BCUT2D eigenvalue weighted by molar-refractivity contribution is 5.90. The fourth-order valence-corrected chi connectivity index (χ4v) is 3.97. The summed E-state index contributed by atoms with van der Waals surface area (Å²) >= 11 is 0. The van der Waals surface area contributed by atoms with Crippen molar-refractivity contribution in [3.63, 3.8) is 0 Å². The molecule has 0 bridgehead atoms. The highest BCUT2D eigenvalue weighted by Crippen LogP contribution is 2.34. The number of hydrogen-bond donors (Lipinski definition) is 2. The van der Waals surface area contributed by atoms with Crippen molar-refractivity contribution in [1.82, 2.24) is 35.0 Å². The number of nitrogens with two attached hydrogens (primary N) is 1. The smallest absolute Gasteiger partial charge is 0.411 e. The summed E-state index contributed by atoms with van der Waals surface area (Å²) in [7, 11) is 0. The van der Waals surface area contributed by atoms with Gasteiger partial charge in [-0.25, -0.2) is 15.0 Å². The summed E-state index contributed by atoms with van der Waals surface area (Å²) in [6.45, 7) is 2.03. The molecule has 3 N–H and O–H groups in total. The summed E-state index contributed by atoms with van der Waals surface area (Å²) in [6, 6.07) is 7.86. The number of nitrogens with one attached hydrogen (secondary N) is 1. The average molecular weight is 496 g/mol. The molecule has 0 saturated carbocycles. The molecule has 36 heavy (non-hydrogen) atoms. The molecule has 1 aliphatic heterocycles. The number of carbonyl (C=O) groups excluding carboxylic acids is 1. The van der Waals surface area contributed by atoms with E-state index in [1.807, 2.05) is 0 Å². The molecule has 0 unspecified atom stereocenters. The number of alkyl halides is 3. The van der Waals surface area contributed by atoms with E-state index >= 15 is 0 Å². The lowest BCUT2D eigenvalue weighted by Crippen LogP contribution is -2.42. The minimum absolute atomic E-state index is 0.0111. The Kier molecular flexibility index (Phi) is 5.74. The van der Waals surface area contributed by atoms with Gasteiger partial charge in [0.05, 0.1) is 17.7 Å². The number of fused-ring (bicyclic) bond motifs is 1. The first kappa shape index (κ1) is 23.2. The van der Waals surface area contributed by atoms with Gasteiger partial charge in [-0.05, 0) is 37.3 Å². The van der Waals surface area contributed by atoms with E-state index < -0.39 is 23.8 Å². The lowest BCUT2D eigenvalue weighted by atomic mass is 9.99. The monoisotopic (exact) mass is 496 g/mol. The molecule has 0 aliphatic carbocycles. The largest absolute Gasteiger partial charge is 0.433 e. The van der Waals surface area contributed by atoms with Crippen molar-refractivity contribution in [2.24, 2.45) is 5.73 Å². The number of aromatic nitrogens is 6. The molecule has 0 fully saturated rings. The number of carbonyl (C=O) groups is 1. The van der Waals surface area contributed by atoms with E-state index in [9.17, 15) is 18.0 Å². The topological polar surface area (TPSA) is 140 Å². The number of aryl methyl sites for hydroxylation is 1. The Labute approximate surface area is 202 Å².